The van der Waals surface area contributed by atoms with E-state index in [2.05, 4.69) is 31.4 Å². The van der Waals surface area contributed by atoms with Crippen molar-refractivity contribution in [1.82, 2.24) is 15.5 Å². The van der Waals surface area contributed by atoms with Crippen molar-refractivity contribution in [1.29, 1.82) is 0 Å². The van der Waals surface area contributed by atoms with Gasteiger partial charge in [-0.2, -0.15) is 0 Å². The Bertz CT molecular complexity index is 625. The van der Waals surface area contributed by atoms with Crippen LogP contribution in [0, 0.1) is 17.3 Å². The van der Waals surface area contributed by atoms with Gasteiger partial charge in [0.25, 0.3) is 5.91 Å². The van der Waals surface area contributed by atoms with E-state index in [-0.39, 0.29) is 30.3 Å². The molecule has 0 radical (unpaired) electrons. The molecule has 4 amide bonds. The van der Waals surface area contributed by atoms with Crippen LogP contribution in [0.25, 0.3) is 0 Å². The molecular formula is C22H37N3O3. The van der Waals surface area contributed by atoms with Crippen LogP contribution in [0.4, 0.5) is 4.79 Å². The maximum absolute atomic E-state index is 13.0. The van der Waals surface area contributed by atoms with E-state index < -0.39 is 11.6 Å². The third-order valence-electron chi connectivity index (χ3n) is 7.91. The topological polar surface area (TPSA) is 78.5 Å². The summed E-state index contributed by atoms with van der Waals surface area (Å²) < 4.78 is 0. The van der Waals surface area contributed by atoms with Crippen LogP contribution in [-0.2, 0) is 9.59 Å². The zero-order chi connectivity index (χ0) is 20.5. The number of nitrogens with zero attached hydrogens (tertiary/aromatic N) is 1. The quantitative estimate of drug-likeness (QED) is 0.703. The normalized spacial score (nSPS) is 33.9. The smallest absolute Gasteiger partial charge is 0.325 e. The number of hydrogen-bond donors (Lipinski definition) is 2. The van der Waals surface area contributed by atoms with Crippen LogP contribution in [0.5, 0.6) is 0 Å². The van der Waals surface area contributed by atoms with Crippen LogP contribution in [0.1, 0.15) is 85.5 Å². The fourth-order valence-electron chi connectivity index (χ4n) is 5.36. The number of carbonyl (C=O) groups is 3. The van der Waals surface area contributed by atoms with Crippen molar-refractivity contribution in [2.75, 3.05) is 6.54 Å². The van der Waals surface area contributed by atoms with Gasteiger partial charge in [0, 0.05) is 6.04 Å². The van der Waals surface area contributed by atoms with Gasteiger partial charge < -0.3 is 10.6 Å². The molecule has 0 aromatic rings. The molecule has 158 valence electrons. The summed E-state index contributed by atoms with van der Waals surface area (Å²) in [6, 6.07) is -0.262. The van der Waals surface area contributed by atoms with E-state index in [0.29, 0.717) is 17.8 Å². The van der Waals surface area contributed by atoms with Gasteiger partial charge in [-0.05, 0) is 55.8 Å². The molecule has 6 heteroatoms. The molecular weight excluding hydrogens is 354 g/mol. The second kappa shape index (κ2) is 8.03. The van der Waals surface area contributed by atoms with E-state index in [1.165, 1.54) is 6.42 Å². The van der Waals surface area contributed by atoms with Gasteiger partial charge in [-0.1, -0.05) is 47.0 Å². The summed E-state index contributed by atoms with van der Waals surface area (Å²) in [5.41, 5.74) is -0.445. The Balaban J connectivity index is 1.53. The van der Waals surface area contributed by atoms with Gasteiger partial charge in [-0.15, -0.1) is 0 Å². The molecule has 3 aliphatic rings. The molecule has 0 unspecified atom stereocenters. The predicted molar refractivity (Wildman–Crippen MR) is 109 cm³/mol. The Morgan fingerprint density at radius 2 is 1.86 bits per heavy atom. The molecule has 0 aromatic carbocycles. The average molecular weight is 392 g/mol. The summed E-state index contributed by atoms with van der Waals surface area (Å²) in [7, 11) is 0. The number of imide groups is 1. The monoisotopic (exact) mass is 391 g/mol. The molecule has 6 nitrogen and oxygen atoms in total. The first-order valence-electron chi connectivity index (χ1n) is 11.1. The van der Waals surface area contributed by atoms with Crippen molar-refractivity contribution >= 4 is 17.8 Å². The molecule has 0 bridgehead atoms. The molecule has 1 spiro atoms. The Labute approximate surface area is 169 Å². The summed E-state index contributed by atoms with van der Waals surface area (Å²) in [6.45, 7) is 8.76. The van der Waals surface area contributed by atoms with Crippen LogP contribution < -0.4 is 10.6 Å². The third kappa shape index (κ3) is 3.92. The highest BCUT2D eigenvalue weighted by molar-refractivity contribution is 6.09. The van der Waals surface area contributed by atoms with Crippen LogP contribution in [0.15, 0.2) is 0 Å². The number of amides is 4. The molecule has 2 aliphatic carbocycles. The van der Waals surface area contributed by atoms with Crippen LogP contribution in [0.2, 0.25) is 0 Å². The lowest BCUT2D eigenvalue weighted by atomic mass is 9.69. The molecule has 3 fully saturated rings. The van der Waals surface area contributed by atoms with E-state index in [1.54, 1.807) is 0 Å². The highest BCUT2D eigenvalue weighted by Crippen LogP contribution is 2.40. The van der Waals surface area contributed by atoms with E-state index >= 15 is 0 Å². The molecule has 0 aromatic heterocycles. The summed E-state index contributed by atoms with van der Waals surface area (Å²) in [6.07, 6.45) is 8.99. The highest BCUT2D eigenvalue weighted by atomic mass is 16.2. The molecule has 28 heavy (non-hydrogen) atoms. The molecule has 1 heterocycles. The van der Waals surface area contributed by atoms with Crippen molar-refractivity contribution in [3.05, 3.63) is 0 Å². The zero-order valence-corrected chi connectivity index (χ0v) is 18.0. The van der Waals surface area contributed by atoms with Crippen LogP contribution in [0.3, 0.4) is 0 Å². The minimum absolute atomic E-state index is 0.114. The number of urea groups is 1. The molecule has 3 rings (SSSR count). The van der Waals surface area contributed by atoms with Crippen molar-refractivity contribution < 1.29 is 14.4 Å². The van der Waals surface area contributed by atoms with Gasteiger partial charge in [0.05, 0.1) is 0 Å². The number of rotatable bonds is 5. The summed E-state index contributed by atoms with van der Waals surface area (Å²) in [5.74, 6) is 0.377. The lowest BCUT2D eigenvalue weighted by molar-refractivity contribution is -0.137. The number of carbonyl (C=O) groups excluding carboxylic acids is 3. The second-order valence-electron chi connectivity index (χ2n) is 9.90. The molecule has 2 saturated carbocycles. The molecule has 2 atom stereocenters. The predicted octanol–water partition coefficient (Wildman–Crippen LogP) is 3.60. The Morgan fingerprint density at radius 3 is 2.46 bits per heavy atom. The molecule has 1 saturated heterocycles. The fourth-order valence-corrected chi connectivity index (χ4v) is 5.36. The maximum atomic E-state index is 13.0. The fraction of sp³-hybridized carbons (Fsp3) is 0.864. The Kier molecular flexibility index (Phi) is 6.06. The first-order chi connectivity index (χ1) is 13.2. The van der Waals surface area contributed by atoms with Crippen molar-refractivity contribution in [2.24, 2.45) is 17.3 Å². The summed E-state index contributed by atoms with van der Waals surface area (Å²) in [4.78, 5) is 39.1. The molecule has 2 N–H and O–H groups in total. The number of nitrogens with one attached hydrogen (secondary N) is 2. The molecule has 1 aliphatic heterocycles. The Morgan fingerprint density at radius 1 is 1.18 bits per heavy atom. The van der Waals surface area contributed by atoms with Gasteiger partial charge in [0.15, 0.2) is 0 Å². The summed E-state index contributed by atoms with van der Waals surface area (Å²) >= 11 is 0. The van der Waals surface area contributed by atoms with E-state index in [1.807, 2.05) is 6.92 Å². The Hall–Kier alpha value is -1.59. The van der Waals surface area contributed by atoms with Crippen LogP contribution in [-0.4, -0.2) is 40.9 Å². The minimum atomic E-state index is -0.792. The SMILES string of the molecule is CCC(C)(C)C1CCC(NC(=O)CN2C(=O)N[C@@]3(CCCC[C@@H]3C)C2=O)CC1. The van der Waals surface area contributed by atoms with Gasteiger partial charge in [-0.3, -0.25) is 14.5 Å². The van der Waals surface area contributed by atoms with E-state index in [4.69, 9.17) is 0 Å². The minimum Gasteiger partial charge on any atom is -0.352 e. The van der Waals surface area contributed by atoms with Gasteiger partial charge in [0.1, 0.15) is 12.1 Å². The van der Waals surface area contributed by atoms with Gasteiger partial charge in [-0.25, -0.2) is 4.79 Å². The van der Waals surface area contributed by atoms with E-state index in [9.17, 15) is 14.4 Å². The average Bonchev–Trinajstić information content (AvgIpc) is 2.89. The summed E-state index contributed by atoms with van der Waals surface area (Å²) in [5, 5.41) is 5.98. The second-order valence-corrected chi connectivity index (χ2v) is 9.90. The van der Waals surface area contributed by atoms with Crippen molar-refractivity contribution in [2.45, 2.75) is 97.1 Å². The highest BCUT2D eigenvalue weighted by Gasteiger charge is 2.55. The first kappa shape index (κ1) is 21.1. The van der Waals surface area contributed by atoms with Gasteiger partial charge >= 0.3 is 6.03 Å². The largest absolute Gasteiger partial charge is 0.352 e. The van der Waals surface area contributed by atoms with Crippen molar-refractivity contribution in [3.63, 3.8) is 0 Å². The third-order valence-corrected chi connectivity index (χ3v) is 7.91. The van der Waals surface area contributed by atoms with Crippen molar-refractivity contribution in [3.8, 4) is 0 Å². The lowest BCUT2D eigenvalue weighted by Gasteiger charge is -2.39. The maximum Gasteiger partial charge on any atom is 0.325 e. The number of hydrogen-bond acceptors (Lipinski definition) is 3. The van der Waals surface area contributed by atoms with Gasteiger partial charge in [0.2, 0.25) is 5.91 Å². The van der Waals surface area contributed by atoms with E-state index in [0.717, 1.165) is 49.8 Å². The zero-order valence-electron chi connectivity index (χ0n) is 18.0. The standard InChI is InChI=1S/C22H37N3O3/c1-5-21(3,4)16-9-11-17(12-10-16)23-18(26)14-25-19(27)22(24-20(25)28)13-7-6-8-15(22)2/h15-17H,5-14H2,1-4H3,(H,23,26)(H,24,28)/t15-,16?,17?,22+/m0/s1. The lowest BCUT2D eigenvalue weighted by Crippen LogP contribution is -2.54. The first-order valence-corrected chi connectivity index (χ1v) is 11.1. The van der Waals surface area contributed by atoms with Crippen LogP contribution >= 0.6 is 0 Å².